The van der Waals surface area contributed by atoms with Crippen LogP contribution in [0.3, 0.4) is 0 Å². The Labute approximate surface area is 126 Å². The van der Waals surface area contributed by atoms with Crippen LogP contribution in [0.4, 0.5) is 17.4 Å². The number of benzene rings is 2. The van der Waals surface area contributed by atoms with Gasteiger partial charge in [0.2, 0.25) is 5.88 Å². The smallest absolute Gasteiger partial charge is 0.347 e. The molecule has 3 aromatic rings. The van der Waals surface area contributed by atoms with E-state index in [-0.39, 0.29) is 23.9 Å². The van der Waals surface area contributed by atoms with Gasteiger partial charge in [0.05, 0.1) is 6.61 Å². The number of hydrogen-bond donors (Lipinski definition) is 2. The number of hydrogen-bond acceptors (Lipinski definition) is 6. The molecule has 0 bridgehead atoms. The predicted octanol–water partition coefficient (Wildman–Crippen LogP) is 3.33. The first-order valence-electron chi connectivity index (χ1n) is 6.87. The lowest BCUT2D eigenvalue weighted by Gasteiger charge is -2.08. The summed E-state index contributed by atoms with van der Waals surface area (Å²) in [6, 6.07) is 13.7. The summed E-state index contributed by atoms with van der Waals surface area (Å²) in [6.07, 6.45) is 0. The molecule has 6 heteroatoms. The Balaban J connectivity index is 2.01. The highest BCUT2D eigenvalue weighted by Crippen LogP contribution is 2.29. The van der Waals surface area contributed by atoms with Gasteiger partial charge in [-0.2, -0.15) is 0 Å². The molecule has 112 valence electrons. The molecule has 3 rings (SSSR count). The zero-order chi connectivity index (χ0) is 15.5. The van der Waals surface area contributed by atoms with Crippen molar-refractivity contribution in [2.75, 3.05) is 17.7 Å². The van der Waals surface area contributed by atoms with Crippen LogP contribution in [0.15, 0.2) is 47.0 Å². The fraction of sp³-hybridized carbons (Fsp3) is 0.125. The normalized spacial score (nSPS) is 10.6. The van der Waals surface area contributed by atoms with Crippen LogP contribution in [0.25, 0.3) is 10.8 Å². The SMILES string of the molecule is CCOC(=O)c1c(Nc2cccc3ccccc23)noc1N. The van der Waals surface area contributed by atoms with Crippen molar-refractivity contribution in [3.63, 3.8) is 0 Å². The Morgan fingerprint density at radius 2 is 2.05 bits per heavy atom. The van der Waals surface area contributed by atoms with E-state index in [1.807, 2.05) is 42.5 Å². The number of esters is 1. The third kappa shape index (κ3) is 2.46. The monoisotopic (exact) mass is 297 g/mol. The average Bonchev–Trinajstić information content (AvgIpc) is 2.89. The maximum atomic E-state index is 12.0. The van der Waals surface area contributed by atoms with Crippen molar-refractivity contribution in [2.24, 2.45) is 0 Å². The average molecular weight is 297 g/mol. The Hall–Kier alpha value is -3.02. The van der Waals surface area contributed by atoms with Crippen molar-refractivity contribution in [3.05, 3.63) is 48.0 Å². The molecular weight excluding hydrogens is 282 g/mol. The van der Waals surface area contributed by atoms with E-state index in [4.69, 9.17) is 15.0 Å². The number of nitrogens with two attached hydrogens (primary N) is 1. The Morgan fingerprint density at radius 3 is 2.86 bits per heavy atom. The van der Waals surface area contributed by atoms with E-state index in [9.17, 15) is 4.79 Å². The van der Waals surface area contributed by atoms with Gasteiger partial charge in [-0.3, -0.25) is 0 Å². The van der Waals surface area contributed by atoms with Gasteiger partial charge in [-0.25, -0.2) is 4.79 Å². The lowest BCUT2D eigenvalue weighted by molar-refractivity contribution is 0.0528. The minimum atomic E-state index is -0.566. The molecule has 0 spiro atoms. The van der Waals surface area contributed by atoms with Gasteiger partial charge < -0.3 is 20.3 Å². The van der Waals surface area contributed by atoms with Crippen molar-refractivity contribution in [2.45, 2.75) is 6.92 Å². The quantitative estimate of drug-likeness (QED) is 0.718. The van der Waals surface area contributed by atoms with Crippen molar-refractivity contribution >= 4 is 34.1 Å². The molecule has 0 amide bonds. The Bertz CT molecular complexity index is 821. The lowest BCUT2D eigenvalue weighted by Crippen LogP contribution is -2.08. The molecule has 0 unspecified atom stereocenters. The highest BCUT2D eigenvalue weighted by Gasteiger charge is 2.23. The van der Waals surface area contributed by atoms with Gasteiger partial charge >= 0.3 is 5.97 Å². The summed E-state index contributed by atoms with van der Waals surface area (Å²) in [6.45, 7) is 1.97. The molecule has 0 radical (unpaired) electrons. The first-order chi connectivity index (χ1) is 10.7. The third-order valence-electron chi connectivity index (χ3n) is 3.24. The van der Waals surface area contributed by atoms with E-state index in [0.29, 0.717) is 0 Å². The van der Waals surface area contributed by atoms with Crippen molar-refractivity contribution in [1.29, 1.82) is 0 Å². The summed E-state index contributed by atoms with van der Waals surface area (Å²) in [5.74, 6) is -0.391. The molecule has 0 aliphatic rings. The molecule has 1 heterocycles. The predicted molar refractivity (Wildman–Crippen MR) is 84.1 cm³/mol. The summed E-state index contributed by atoms with van der Waals surface area (Å²) in [5.41, 5.74) is 6.58. The highest BCUT2D eigenvalue weighted by atomic mass is 16.5. The van der Waals surface area contributed by atoms with Gasteiger partial charge in [-0.15, -0.1) is 0 Å². The molecule has 0 aliphatic heterocycles. The van der Waals surface area contributed by atoms with Gasteiger partial charge in [0.1, 0.15) is 0 Å². The number of rotatable bonds is 4. The van der Waals surface area contributed by atoms with Gasteiger partial charge in [-0.05, 0) is 18.4 Å². The first-order valence-corrected chi connectivity index (χ1v) is 6.87. The molecule has 2 aromatic carbocycles. The number of ether oxygens (including phenoxy) is 1. The minimum absolute atomic E-state index is 0.0683. The van der Waals surface area contributed by atoms with Gasteiger partial charge in [0, 0.05) is 11.1 Å². The van der Waals surface area contributed by atoms with Crippen LogP contribution in [0.1, 0.15) is 17.3 Å². The molecular formula is C16H15N3O3. The number of carbonyl (C=O) groups is 1. The second-order valence-electron chi connectivity index (χ2n) is 4.64. The number of anilines is 3. The van der Waals surface area contributed by atoms with E-state index < -0.39 is 5.97 Å². The van der Waals surface area contributed by atoms with Gasteiger partial charge in [0.15, 0.2) is 11.4 Å². The van der Waals surface area contributed by atoms with E-state index in [1.54, 1.807) is 6.92 Å². The number of nitrogen functional groups attached to an aromatic ring is 1. The third-order valence-corrected chi connectivity index (χ3v) is 3.24. The molecule has 0 saturated heterocycles. The second kappa shape index (κ2) is 5.77. The van der Waals surface area contributed by atoms with E-state index >= 15 is 0 Å². The van der Waals surface area contributed by atoms with E-state index in [0.717, 1.165) is 16.5 Å². The summed E-state index contributed by atoms with van der Waals surface area (Å²) in [4.78, 5) is 12.0. The van der Waals surface area contributed by atoms with Gasteiger partial charge in [0.25, 0.3) is 0 Å². The molecule has 1 aromatic heterocycles. The molecule has 0 fully saturated rings. The topological polar surface area (TPSA) is 90.4 Å². The van der Waals surface area contributed by atoms with Crippen molar-refractivity contribution < 1.29 is 14.1 Å². The summed E-state index contributed by atoms with van der Waals surface area (Å²) >= 11 is 0. The molecule has 0 saturated carbocycles. The Kier molecular flexibility index (Phi) is 3.65. The lowest BCUT2D eigenvalue weighted by atomic mass is 10.1. The highest BCUT2D eigenvalue weighted by molar-refractivity contribution is 6.01. The fourth-order valence-corrected chi connectivity index (χ4v) is 2.25. The summed E-state index contributed by atoms with van der Waals surface area (Å²) in [7, 11) is 0. The number of nitrogens with zero attached hydrogens (tertiary/aromatic N) is 1. The number of aromatic nitrogens is 1. The fourth-order valence-electron chi connectivity index (χ4n) is 2.25. The Morgan fingerprint density at radius 1 is 1.27 bits per heavy atom. The number of fused-ring (bicyclic) bond motifs is 1. The molecule has 3 N–H and O–H groups in total. The van der Waals surface area contributed by atoms with Crippen LogP contribution in [-0.4, -0.2) is 17.7 Å². The van der Waals surface area contributed by atoms with Crippen LogP contribution in [-0.2, 0) is 4.74 Å². The van der Waals surface area contributed by atoms with Crippen molar-refractivity contribution in [3.8, 4) is 0 Å². The molecule has 6 nitrogen and oxygen atoms in total. The van der Waals surface area contributed by atoms with E-state index in [1.165, 1.54) is 0 Å². The second-order valence-corrected chi connectivity index (χ2v) is 4.64. The molecule has 22 heavy (non-hydrogen) atoms. The van der Waals surface area contributed by atoms with Crippen LogP contribution >= 0.6 is 0 Å². The van der Waals surface area contributed by atoms with Gasteiger partial charge in [-0.1, -0.05) is 41.6 Å². The molecule has 0 aliphatic carbocycles. The van der Waals surface area contributed by atoms with Crippen LogP contribution in [0.2, 0.25) is 0 Å². The van der Waals surface area contributed by atoms with Crippen molar-refractivity contribution in [1.82, 2.24) is 5.16 Å². The van der Waals surface area contributed by atoms with Crippen LogP contribution in [0, 0.1) is 0 Å². The largest absolute Gasteiger partial charge is 0.462 e. The zero-order valence-corrected chi connectivity index (χ0v) is 12.0. The van der Waals surface area contributed by atoms with E-state index in [2.05, 4.69) is 10.5 Å². The van der Waals surface area contributed by atoms with Crippen LogP contribution < -0.4 is 11.1 Å². The maximum Gasteiger partial charge on any atom is 0.347 e. The summed E-state index contributed by atoms with van der Waals surface area (Å²) in [5, 5.41) is 8.97. The zero-order valence-electron chi connectivity index (χ0n) is 12.0. The summed E-state index contributed by atoms with van der Waals surface area (Å²) < 4.78 is 9.89. The maximum absolute atomic E-state index is 12.0. The number of nitrogens with one attached hydrogen (secondary N) is 1. The molecule has 0 atom stereocenters. The standard InChI is InChI=1S/C16H15N3O3/c1-2-21-16(20)13-14(17)22-19-15(13)18-12-9-5-7-10-6-3-4-8-11(10)12/h3-9H,2,17H2,1H3,(H,18,19). The first kappa shape index (κ1) is 13.9. The number of carbonyl (C=O) groups excluding carboxylic acids is 1. The van der Waals surface area contributed by atoms with Crippen LogP contribution in [0.5, 0.6) is 0 Å². The minimum Gasteiger partial charge on any atom is -0.462 e.